The molecular formula is C24H26N4O2. The molecule has 0 bridgehead atoms. The molecule has 0 radical (unpaired) electrons. The van der Waals surface area contributed by atoms with Crippen molar-refractivity contribution in [3.8, 4) is 28.6 Å². The van der Waals surface area contributed by atoms with Crippen LogP contribution in [0.25, 0.3) is 27.7 Å². The highest BCUT2D eigenvalue weighted by Crippen LogP contribution is 2.38. The summed E-state index contributed by atoms with van der Waals surface area (Å²) in [6, 6.07) is -3.67. The molecule has 1 aromatic heterocycles. The minimum absolute atomic E-state index is 0.0332. The third-order valence-electron chi connectivity index (χ3n) is 4.46. The summed E-state index contributed by atoms with van der Waals surface area (Å²) in [5.74, 6) is -1.00. The predicted octanol–water partition coefficient (Wildman–Crippen LogP) is 5.73. The molecule has 0 unspecified atom stereocenters. The number of hydrogen-bond acceptors (Lipinski definition) is 5. The van der Waals surface area contributed by atoms with Crippen molar-refractivity contribution in [3.05, 3.63) is 58.8 Å². The maximum Gasteiger partial charge on any atom is 0.256 e. The number of aromatic nitrogens is 2. The zero-order chi connectivity index (χ0) is 30.8. The first kappa shape index (κ1) is 10.7. The molecule has 1 heterocycles. The maximum absolute atomic E-state index is 8.53. The Hall–Kier alpha value is -3.17. The second kappa shape index (κ2) is 8.68. The second-order valence-corrected chi connectivity index (χ2v) is 6.73. The summed E-state index contributed by atoms with van der Waals surface area (Å²) < 4.78 is 101. The Kier molecular flexibility index (Phi) is 3.11. The molecule has 3 aromatic rings. The van der Waals surface area contributed by atoms with Gasteiger partial charge in [0.15, 0.2) is 0 Å². The van der Waals surface area contributed by atoms with E-state index in [1.807, 2.05) is 0 Å². The molecule has 30 heavy (non-hydrogen) atoms. The minimum atomic E-state index is -2.47. The van der Waals surface area contributed by atoms with E-state index in [-0.39, 0.29) is 41.4 Å². The Morgan fingerprint density at radius 3 is 3.07 bits per heavy atom. The molecule has 1 N–H and O–H groups in total. The topological polar surface area (TPSA) is 64.5 Å². The lowest BCUT2D eigenvalue weighted by Crippen LogP contribution is -2.19. The summed E-state index contributed by atoms with van der Waals surface area (Å²) >= 11 is 0. The number of nitrogens with zero attached hydrogens (tertiary/aromatic N) is 3. The molecule has 6 heteroatoms. The molecule has 1 aliphatic carbocycles. The molecule has 0 fully saturated rings. The molecule has 4 rings (SSSR count). The third-order valence-corrected chi connectivity index (χ3v) is 4.46. The molecule has 0 amide bonds. The van der Waals surface area contributed by atoms with Gasteiger partial charge in [-0.25, -0.2) is 4.85 Å². The molecule has 1 atom stereocenters. The highest BCUT2D eigenvalue weighted by atomic mass is 16.5. The number of benzene rings is 2. The van der Waals surface area contributed by atoms with Gasteiger partial charge >= 0.3 is 0 Å². The average Bonchev–Trinajstić information content (AvgIpc) is 3.48. The van der Waals surface area contributed by atoms with Crippen molar-refractivity contribution in [1.82, 2.24) is 15.5 Å². The first-order valence-corrected chi connectivity index (χ1v) is 9.25. The van der Waals surface area contributed by atoms with Gasteiger partial charge in [-0.05, 0) is 68.8 Å². The van der Waals surface area contributed by atoms with Crippen LogP contribution in [0.2, 0.25) is 0 Å². The van der Waals surface area contributed by atoms with Gasteiger partial charge in [-0.1, -0.05) is 30.2 Å². The van der Waals surface area contributed by atoms with Crippen LogP contribution in [-0.4, -0.2) is 22.7 Å². The third kappa shape index (κ3) is 3.94. The standard InChI is InChI=1S/C24H26N4O2/c1-5-13-26-20-11-10-17-18(20)7-6-8-19(17)23-27-24(30-28-23)16-9-12-22(29-15(2)3)21(14-16)25-4/h6-9,12,14-15,20,26H,5,10-11,13H2,1-3H3/t20-/m0/s1/i5D2,6D,7D,8D,9D,12D,13D2,14D,15D. The number of fused-ring (bicyclic) bond motifs is 1. The second-order valence-electron chi connectivity index (χ2n) is 6.73. The van der Waals surface area contributed by atoms with Crippen molar-refractivity contribution >= 4 is 5.69 Å². The van der Waals surface area contributed by atoms with E-state index in [9.17, 15) is 0 Å². The summed E-state index contributed by atoms with van der Waals surface area (Å²) in [6.07, 6.45) is -3.34. The Morgan fingerprint density at radius 2 is 2.30 bits per heavy atom. The van der Waals surface area contributed by atoms with Crippen LogP contribution in [0.5, 0.6) is 5.75 Å². The number of hydrogen-bond donors (Lipinski definition) is 1. The lowest BCUT2D eigenvalue weighted by atomic mass is 10.0. The van der Waals surface area contributed by atoms with Crippen LogP contribution < -0.4 is 10.1 Å². The van der Waals surface area contributed by atoms with Crippen LogP contribution >= 0.6 is 0 Å². The molecule has 0 saturated carbocycles. The summed E-state index contributed by atoms with van der Waals surface area (Å²) in [5, 5.41) is 6.50. The SMILES string of the molecule is [2H]c1c([2H])c(-c2noc(-c3c([2H])c([2H])c(OC([2H])(C)C)c([N+]#[C-])c3[2H])n2)c2c(c1[2H])[C@@H](NC([2H])([2H])C([2H])([2H])C)CC2. The van der Waals surface area contributed by atoms with Crippen molar-refractivity contribution in [2.75, 3.05) is 6.50 Å². The van der Waals surface area contributed by atoms with Crippen molar-refractivity contribution in [2.24, 2.45) is 0 Å². The molecule has 2 aromatic carbocycles. The van der Waals surface area contributed by atoms with Crippen molar-refractivity contribution < 1.29 is 24.3 Å². The summed E-state index contributed by atoms with van der Waals surface area (Å²) in [6.45, 7) is 8.87. The van der Waals surface area contributed by atoms with Crippen LogP contribution in [-0.2, 0) is 6.42 Å². The fourth-order valence-corrected chi connectivity index (χ4v) is 3.21. The first-order chi connectivity index (χ1) is 18.8. The van der Waals surface area contributed by atoms with Gasteiger partial charge in [-0.2, -0.15) is 4.98 Å². The maximum atomic E-state index is 8.53. The van der Waals surface area contributed by atoms with E-state index in [1.165, 1.54) is 13.8 Å². The van der Waals surface area contributed by atoms with Crippen molar-refractivity contribution in [1.29, 1.82) is 0 Å². The summed E-state index contributed by atoms with van der Waals surface area (Å²) in [5.41, 5.74) is -0.125. The van der Waals surface area contributed by atoms with Gasteiger partial charge < -0.3 is 14.6 Å². The van der Waals surface area contributed by atoms with Gasteiger partial charge in [0.05, 0.1) is 20.9 Å². The number of rotatable bonds is 7. The van der Waals surface area contributed by atoms with Gasteiger partial charge in [-0.15, -0.1) is 0 Å². The van der Waals surface area contributed by atoms with Crippen LogP contribution in [0.15, 0.2) is 40.8 Å². The van der Waals surface area contributed by atoms with Crippen LogP contribution in [0.4, 0.5) is 5.69 Å². The van der Waals surface area contributed by atoms with E-state index >= 15 is 0 Å². The fourth-order valence-electron chi connectivity index (χ4n) is 3.21. The smallest absolute Gasteiger partial charge is 0.256 e. The van der Waals surface area contributed by atoms with E-state index in [0.717, 1.165) is 6.92 Å². The fraction of sp³-hybridized carbons (Fsp3) is 0.375. The molecule has 0 saturated heterocycles. The van der Waals surface area contributed by atoms with E-state index < -0.39 is 72.5 Å². The number of ether oxygens (including phenoxy) is 1. The Balaban J connectivity index is 1.86. The van der Waals surface area contributed by atoms with Crippen LogP contribution in [0, 0.1) is 6.57 Å². The quantitative estimate of drug-likeness (QED) is 0.501. The largest absolute Gasteiger partial charge is 0.502 e. The Bertz CT molecular complexity index is 1590. The molecule has 0 aliphatic heterocycles. The Labute approximate surface area is 192 Å². The zero-order valence-electron chi connectivity index (χ0n) is 27.6. The van der Waals surface area contributed by atoms with E-state index in [4.69, 9.17) is 30.9 Å². The van der Waals surface area contributed by atoms with Crippen molar-refractivity contribution in [2.45, 2.75) is 52.1 Å². The van der Waals surface area contributed by atoms with Crippen molar-refractivity contribution in [3.63, 3.8) is 0 Å². The molecule has 1 aliphatic rings. The van der Waals surface area contributed by atoms with Gasteiger partial charge in [0.2, 0.25) is 11.5 Å². The highest BCUT2D eigenvalue weighted by Gasteiger charge is 2.26. The summed E-state index contributed by atoms with van der Waals surface area (Å²) in [4.78, 5) is 7.51. The van der Waals surface area contributed by atoms with E-state index in [1.54, 1.807) is 0 Å². The highest BCUT2D eigenvalue weighted by molar-refractivity contribution is 5.70. The van der Waals surface area contributed by atoms with Crippen LogP contribution in [0.1, 0.15) is 65.8 Å². The first-order valence-electron chi connectivity index (χ1n) is 14.8. The lowest BCUT2D eigenvalue weighted by molar-refractivity contribution is 0.244. The molecule has 0 spiro atoms. The average molecular weight is 414 g/mol. The van der Waals surface area contributed by atoms with E-state index in [0.29, 0.717) is 5.56 Å². The van der Waals surface area contributed by atoms with Gasteiger partial charge in [0.25, 0.3) is 5.89 Å². The van der Waals surface area contributed by atoms with E-state index in [2.05, 4.69) is 20.3 Å². The van der Waals surface area contributed by atoms with Gasteiger partial charge in [0, 0.05) is 24.0 Å². The molecule has 6 nitrogen and oxygen atoms in total. The predicted molar refractivity (Wildman–Crippen MR) is 117 cm³/mol. The lowest BCUT2D eigenvalue weighted by Gasteiger charge is -2.13. The van der Waals surface area contributed by atoms with Gasteiger partial charge in [-0.3, -0.25) is 0 Å². The Morgan fingerprint density at radius 1 is 1.43 bits per heavy atom. The molecular weight excluding hydrogens is 376 g/mol. The summed E-state index contributed by atoms with van der Waals surface area (Å²) in [7, 11) is 0. The van der Waals surface area contributed by atoms with Crippen LogP contribution in [0.3, 0.4) is 0 Å². The zero-order valence-corrected chi connectivity index (χ0v) is 16.6. The normalized spacial score (nSPS) is 21.8. The number of nitrogens with one attached hydrogen (secondary N) is 1. The molecule has 154 valence electrons. The van der Waals surface area contributed by atoms with Gasteiger partial charge in [0.1, 0.15) is 5.75 Å². The minimum Gasteiger partial charge on any atom is -0.502 e. The monoisotopic (exact) mass is 413 g/mol.